The smallest absolute Gasteiger partial charge is 0.293 e. The number of benzene rings is 1. The quantitative estimate of drug-likeness (QED) is 0.589. The second-order valence-corrected chi connectivity index (χ2v) is 7.33. The largest absolute Gasteiger partial charge is 0.349 e. The molecule has 2 aromatic rings. The molecule has 1 aromatic carbocycles. The second kappa shape index (κ2) is 8.83. The Hall–Kier alpha value is -2.65. The first-order valence-corrected chi connectivity index (χ1v) is 10.1. The summed E-state index contributed by atoms with van der Waals surface area (Å²) < 4.78 is 0. The monoisotopic (exact) mass is 400 g/mol. The summed E-state index contributed by atoms with van der Waals surface area (Å²) in [6.07, 6.45) is 7.93. The van der Waals surface area contributed by atoms with E-state index in [2.05, 4.69) is 15.3 Å². The summed E-state index contributed by atoms with van der Waals surface area (Å²) in [6.45, 7) is 0.239. The van der Waals surface area contributed by atoms with Crippen molar-refractivity contribution in [1.29, 1.82) is 0 Å². The highest BCUT2D eigenvalue weighted by Gasteiger charge is 2.34. The fraction of sp³-hybridized carbons (Fsp3) is 0.167. The van der Waals surface area contributed by atoms with Crippen molar-refractivity contribution in [2.45, 2.75) is 4.90 Å². The summed E-state index contributed by atoms with van der Waals surface area (Å²) >= 11 is 2.53. The van der Waals surface area contributed by atoms with E-state index in [9.17, 15) is 14.4 Å². The lowest BCUT2D eigenvalue weighted by Gasteiger charge is -2.12. The Morgan fingerprint density at radius 2 is 2.04 bits per heavy atom. The molecule has 138 valence electrons. The van der Waals surface area contributed by atoms with Crippen LogP contribution in [0.25, 0.3) is 6.08 Å². The number of carbonyl (C=O) groups is 3. The number of hydrogen-bond acceptors (Lipinski definition) is 7. The fourth-order valence-corrected chi connectivity index (χ4v) is 3.61. The lowest BCUT2D eigenvalue weighted by Crippen LogP contribution is -2.37. The van der Waals surface area contributed by atoms with Crippen LogP contribution in [0.2, 0.25) is 0 Å². The van der Waals surface area contributed by atoms with Crippen molar-refractivity contribution in [1.82, 2.24) is 20.2 Å². The van der Waals surface area contributed by atoms with Crippen LogP contribution in [-0.4, -0.2) is 51.3 Å². The molecule has 27 heavy (non-hydrogen) atoms. The normalized spacial score (nSPS) is 15.4. The number of nitrogens with one attached hydrogen (secondary N) is 1. The van der Waals surface area contributed by atoms with Crippen molar-refractivity contribution in [3.8, 4) is 0 Å². The van der Waals surface area contributed by atoms with E-state index in [0.29, 0.717) is 4.91 Å². The van der Waals surface area contributed by atoms with E-state index in [1.165, 1.54) is 18.6 Å². The Labute approximate surface area is 164 Å². The molecule has 0 radical (unpaired) electrons. The number of amides is 3. The standard InChI is InChI=1S/C18H16N4O3S2/c1-26-13-4-2-12(3-5-13)10-15-17(24)22(18(25)27-15)9-8-21-16(23)14-11-19-6-7-20-14/h2-7,10-11H,8-9H2,1H3,(H,21,23)/b15-10-. The summed E-state index contributed by atoms with van der Waals surface area (Å²) in [5, 5.41) is 2.28. The molecular weight excluding hydrogens is 384 g/mol. The van der Waals surface area contributed by atoms with Crippen molar-refractivity contribution >= 4 is 46.7 Å². The zero-order chi connectivity index (χ0) is 19.2. The first kappa shape index (κ1) is 19.1. The van der Waals surface area contributed by atoms with Gasteiger partial charge in [-0.2, -0.15) is 0 Å². The third-order valence-electron chi connectivity index (χ3n) is 3.70. The number of hydrogen-bond donors (Lipinski definition) is 1. The van der Waals surface area contributed by atoms with Crippen molar-refractivity contribution in [3.05, 3.63) is 59.0 Å². The van der Waals surface area contributed by atoms with Crippen molar-refractivity contribution in [2.24, 2.45) is 0 Å². The van der Waals surface area contributed by atoms with Crippen molar-refractivity contribution in [2.75, 3.05) is 19.3 Å². The highest BCUT2D eigenvalue weighted by atomic mass is 32.2. The van der Waals surface area contributed by atoms with Crippen LogP contribution in [0.3, 0.4) is 0 Å². The van der Waals surface area contributed by atoms with E-state index in [-0.39, 0.29) is 29.9 Å². The molecule has 0 atom stereocenters. The van der Waals surface area contributed by atoms with E-state index in [4.69, 9.17) is 0 Å². The third kappa shape index (κ3) is 4.75. The summed E-state index contributed by atoms with van der Waals surface area (Å²) in [5.74, 6) is -0.757. The van der Waals surface area contributed by atoms with Gasteiger partial charge in [-0.3, -0.25) is 24.3 Å². The predicted octanol–water partition coefficient (Wildman–Crippen LogP) is 2.66. The summed E-state index contributed by atoms with van der Waals surface area (Å²) in [7, 11) is 0. The molecule has 3 rings (SSSR count). The molecule has 1 N–H and O–H groups in total. The average Bonchev–Trinajstić information content (AvgIpc) is 2.96. The molecule has 0 bridgehead atoms. The molecule has 3 amide bonds. The second-order valence-electron chi connectivity index (χ2n) is 5.45. The SMILES string of the molecule is CSc1ccc(/C=C2\SC(=O)N(CCNC(=O)c3cnccn3)C2=O)cc1. The fourth-order valence-electron chi connectivity index (χ4n) is 2.33. The first-order valence-electron chi connectivity index (χ1n) is 8.02. The van der Waals surface area contributed by atoms with Gasteiger partial charge in [-0.1, -0.05) is 12.1 Å². The van der Waals surface area contributed by atoms with Crippen molar-refractivity contribution in [3.63, 3.8) is 0 Å². The number of imide groups is 1. The summed E-state index contributed by atoms with van der Waals surface area (Å²) in [5.41, 5.74) is 1.04. The molecule has 1 aromatic heterocycles. The Balaban J connectivity index is 1.59. The third-order valence-corrected chi connectivity index (χ3v) is 5.35. The first-order chi connectivity index (χ1) is 13.1. The highest BCUT2D eigenvalue weighted by molar-refractivity contribution is 8.18. The van der Waals surface area contributed by atoms with Crippen LogP contribution >= 0.6 is 23.5 Å². The van der Waals surface area contributed by atoms with E-state index in [0.717, 1.165) is 27.1 Å². The van der Waals surface area contributed by atoms with Gasteiger partial charge in [0, 0.05) is 30.4 Å². The van der Waals surface area contributed by atoms with E-state index < -0.39 is 5.91 Å². The molecule has 1 saturated heterocycles. The van der Waals surface area contributed by atoms with Gasteiger partial charge in [-0.15, -0.1) is 11.8 Å². The molecule has 1 fully saturated rings. The summed E-state index contributed by atoms with van der Waals surface area (Å²) in [4.78, 5) is 46.8. The molecule has 0 aliphatic carbocycles. The molecule has 0 unspecified atom stereocenters. The van der Waals surface area contributed by atoms with Gasteiger partial charge in [-0.25, -0.2) is 4.98 Å². The van der Waals surface area contributed by atoms with Crippen LogP contribution in [0, 0.1) is 0 Å². The zero-order valence-corrected chi connectivity index (χ0v) is 16.0. The average molecular weight is 400 g/mol. The lowest BCUT2D eigenvalue weighted by atomic mass is 10.2. The molecule has 9 heteroatoms. The molecule has 2 heterocycles. The van der Waals surface area contributed by atoms with Gasteiger partial charge in [0.05, 0.1) is 11.1 Å². The van der Waals surface area contributed by atoms with E-state index in [1.54, 1.807) is 17.8 Å². The Morgan fingerprint density at radius 3 is 2.70 bits per heavy atom. The topological polar surface area (TPSA) is 92.3 Å². The molecule has 7 nitrogen and oxygen atoms in total. The molecule has 0 spiro atoms. The Bertz CT molecular complexity index is 885. The van der Waals surface area contributed by atoms with Gasteiger partial charge < -0.3 is 5.32 Å². The lowest BCUT2D eigenvalue weighted by molar-refractivity contribution is -0.122. The maximum Gasteiger partial charge on any atom is 0.293 e. The number of aromatic nitrogens is 2. The van der Waals surface area contributed by atoms with Crippen LogP contribution in [0.4, 0.5) is 4.79 Å². The number of carbonyl (C=O) groups excluding carboxylic acids is 3. The Kier molecular flexibility index (Phi) is 6.25. The zero-order valence-electron chi connectivity index (χ0n) is 14.4. The number of rotatable bonds is 6. The minimum Gasteiger partial charge on any atom is -0.349 e. The molecule has 1 aliphatic heterocycles. The van der Waals surface area contributed by atoms with Crippen LogP contribution in [0.1, 0.15) is 16.1 Å². The minimum atomic E-state index is -0.403. The maximum absolute atomic E-state index is 12.5. The van der Waals surface area contributed by atoms with E-state index in [1.807, 2.05) is 30.5 Å². The van der Waals surface area contributed by atoms with Gasteiger partial charge in [0.15, 0.2) is 0 Å². The predicted molar refractivity (Wildman–Crippen MR) is 105 cm³/mol. The van der Waals surface area contributed by atoms with E-state index >= 15 is 0 Å². The van der Waals surface area contributed by atoms with Crippen LogP contribution in [-0.2, 0) is 4.79 Å². The van der Waals surface area contributed by atoms with Gasteiger partial charge in [0.1, 0.15) is 5.69 Å². The van der Waals surface area contributed by atoms with Crippen LogP contribution < -0.4 is 5.32 Å². The van der Waals surface area contributed by atoms with Gasteiger partial charge >= 0.3 is 0 Å². The van der Waals surface area contributed by atoms with Crippen molar-refractivity contribution < 1.29 is 14.4 Å². The van der Waals surface area contributed by atoms with Crippen LogP contribution in [0.5, 0.6) is 0 Å². The highest BCUT2D eigenvalue weighted by Crippen LogP contribution is 2.32. The minimum absolute atomic E-state index is 0.0966. The Morgan fingerprint density at radius 1 is 1.26 bits per heavy atom. The summed E-state index contributed by atoms with van der Waals surface area (Å²) in [6, 6.07) is 7.73. The van der Waals surface area contributed by atoms with Gasteiger partial charge in [0.2, 0.25) is 0 Å². The molecule has 0 saturated carbocycles. The van der Waals surface area contributed by atoms with Gasteiger partial charge in [0.25, 0.3) is 17.1 Å². The number of nitrogens with zero attached hydrogens (tertiary/aromatic N) is 3. The van der Waals surface area contributed by atoms with Crippen LogP contribution in [0.15, 0.2) is 52.7 Å². The molecule has 1 aliphatic rings. The maximum atomic E-state index is 12.5. The molecular formula is C18H16N4O3S2. The number of thioether (sulfide) groups is 2. The van der Waals surface area contributed by atoms with Gasteiger partial charge in [-0.05, 0) is 41.8 Å².